The van der Waals surface area contributed by atoms with E-state index in [-0.39, 0.29) is 0 Å². The molecule has 18 heavy (non-hydrogen) atoms. The number of rotatable bonds is 1. The highest BCUT2D eigenvalue weighted by Crippen LogP contribution is 2.27. The summed E-state index contributed by atoms with van der Waals surface area (Å²) in [6.45, 7) is 2.92. The number of nitrogens with zero attached hydrogens (tertiary/aromatic N) is 4. The van der Waals surface area contributed by atoms with Crippen LogP contribution in [0.1, 0.15) is 30.3 Å². The van der Waals surface area contributed by atoms with E-state index in [1.807, 2.05) is 23.7 Å². The van der Waals surface area contributed by atoms with Crippen molar-refractivity contribution in [2.24, 2.45) is 5.73 Å². The molecule has 0 aromatic carbocycles. The molecule has 0 bridgehead atoms. The summed E-state index contributed by atoms with van der Waals surface area (Å²) in [4.78, 5) is 11.4. The SMILES string of the molecule is Cc1cn2ccc(C3CCC(N)CN3C)nc2n1. The number of aromatic nitrogens is 3. The van der Waals surface area contributed by atoms with E-state index in [1.165, 1.54) is 0 Å². The van der Waals surface area contributed by atoms with E-state index >= 15 is 0 Å². The number of likely N-dealkylation sites (N-methyl/N-ethyl adjacent to an activating group) is 1. The number of hydrogen-bond donors (Lipinski definition) is 1. The number of aryl methyl sites for hydroxylation is 1. The number of likely N-dealkylation sites (tertiary alicyclic amines) is 1. The van der Waals surface area contributed by atoms with Gasteiger partial charge in [-0.3, -0.25) is 9.30 Å². The third-order valence-electron chi connectivity index (χ3n) is 3.68. The first kappa shape index (κ1) is 11.6. The Labute approximate surface area is 107 Å². The lowest BCUT2D eigenvalue weighted by Gasteiger charge is -2.35. The first-order valence-corrected chi connectivity index (χ1v) is 6.41. The average molecular weight is 245 g/mol. The lowest BCUT2D eigenvalue weighted by Crippen LogP contribution is -2.42. The van der Waals surface area contributed by atoms with Gasteiger partial charge in [0.2, 0.25) is 5.78 Å². The van der Waals surface area contributed by atoms with E-state index < -0.39 is 0 Å². The highest BCUT2D eigenvalue weighted by molar-refractivity contribution is 5.32. The van der Waals surface area contributed by atoms with Crippen LogP contribution in [0, 0.1) is 6.92 Å². The molecule has 2 atom stereocenters. The van der Waals surface area contributed by atoms with Gasteiger partial charge in [0.15, 0.2) is 0 Å². The third kappa shape index (κ3) is 2.00. The predicted octanol–water partition coefficient (Wildman–Crippen LogP) is 1.13. The molecule has 3 heterocycles. The summed E-state index contributed by atoms with van der Waals surface area (Å²) in [5, 5.41) is 0. The van der Waals surface area contributed by atoms with Gasteiger partial charge >= 0.3 is 0 Å². The second-order valence-electron chi connectivity index (χ2n) is 5.23. The first-order chi connectivity index (χ1) is 8.63. The Balaban J connectivity index is 1.93. The summed E-state index contributed by atoms with van der Waals surface area (Å²) in [6.07, 6.45) is 6.17. The molecule has 96 valence electrons. The number of piperidine rings is 1. The summed E-state index contributed by atoms with van der Waals surface area (Å²) in [5.74, 6) is 0.785. The van der Waals surface area contributed by atoms with Crippen LogP contribution < -0.4 is 5.73 Å². The summed E-state index contributed by atoms with van der Waals surface area (Å²) in [5.41, 5.74) is 8.08. The molecule has 1 saturated heterocycles. The molecule has 0 amide bonds. The van der Waals surface area contributed by atoms with Crippen molar-refractivity contribution in [3.8, 4) is 0 Å². The smallest absolute Gasteiger partial charge is 0.234 e. The van der Waals surface area contributed by atoms with E-state index in [0.717, 1.165) is 36.6 Å². The Hall–Kier alpha value is -1.46. The summed E-state index contributed by atoms with van der Waals surface area (Å²) in [6, 6.07) is 2.75. The fourth-order valence-electron chi connectivity index (χ4n) is 2.75. The maximum Gasteiger partial charge on any atom is 0.234 e. The third-order valence-corrected chi connectivity index (χ3v) is 3.68. The van der Waals surface area contributed by atoms with Crippen LogP contribution in [0.2, 0.25) is 0 Å². The normalized spacial score (nSPS) is 25.7. The van der Waals surface area contributed by atoms with Gasteiger partial charge < -0.3 is 5.73 Å². The molecular weight excluding hydrogens is 226 g/mol. The number of fused-ring (bicyclic) bond motifs is 1. The molecule has 0 radical (unpaired) electrons. The molecule has 1 fully saturated rings. The summed E-state index contributed by atoms with van der Waals surface area (Å²) in [7, 11) is 2.12. The molecule has 3 rings (SSSR count). The van der Waals surface area contributed by atoms with E-state index in [4.69, 9.17) is 5.73 Å². The van der Waals surface area contributed by atoms with Gasteiger partial charge in [-0.25, -0.2) is 9.97 Å². The maximum atomic E-state index is 5.98. The molecule has 1 aliphatic heterocycles. The van der Waals surface area contributed by atoms with Crippen LogP contribution in [0.4, 0.5) is 0 Å². The zero-order chi connectivity index (χ0) is 12.7. The van der Waals surface area contributed by atoms with Crippen molar-refractivity contribution in [3.05, 3.63) is 29.8 Å². The van der Waals surface area contributed by atoms with Crippen LogP contribution in [0.25, 0.3) is 5.78 Å². The second-order valence-corrected chi connectivity index (χ2v) is 5.23. The number of imidazole rings is 1. The average Bonchev–Trinajstić information content (AvgIpc) is 2.68. The fourth-order valence-corrected chi connectivity index (χ4v) is 2.75. The number of nitrogens with two attached hydrogens (primary N) is 1. The predicted molar refractivity (Wildman–Crippen MR) is 70.3 cm³/mol. The molecule has 2 aromatic heterocycles. The Bertz CT molecular complexity index is 562. The molecule has 5 heteroatoms. The Morgan fingerprint density at radius 3 is 2.94 bits per heavy atom. The monoisotopic (exact) mass is 245 g/mol. The van der Waals surface area contributed by atoms with Crippen LogP contribution in [0.15, 0.2) is 18.5 Å². The molecular formula is C13H19N5. The molecule has 2 aromatic rings. The van der Waals surface area contributed by atoms with Gasteiger partial charge in [-0.15, -0.1) is 0 Å². The van der Waals surface area contributed by atoms with Gasteiger partial charge in [-0.2, -0.15) is 0 Å². The van der Waals surface area contributed by atoms with Gasteiger partial charge in [0.1, 0.15) is 0 Å². The van der Waals surface area contributed by atoms with Crippen LogP contribution >= 0.6 is 0 Å². The van der Waals surface area contributed by atoms with Gasteiger partial charge in [-0.05, 0) is 32.9 Å². The molecule has 1 aliphatic rings. The van der Waals surface area contributed by atoms with E-state index in [9.17, 15) is 0 Å². The highest BCUT2D eigenvalue weighted by Gasteiger charge is 2.26. The van der Waals surface area contributed by atoms with E-state index in [2.05, 4.69) is 28.0 Å². The zero-order valence-corrected chi connectivity index (χ0v) is 10.9. The molecule has 0 aliphatic carbocycles. The second kappa shape index (κ2) is 4.33. The molecule has 2 unspecified atom stereocenters. The van der Waals surface area contributed by atoms with Crippen LogP contribution in [-0.4, -0.2) is 38.9 Å². The van der Waals surface area contributed by atoms with Crippen LogP contribution in [-0.2, 0) is 0 Å². The first-order valence-electron chi connectivity index (χ1n) is 6.41. The van der Waals surface area contributed by atoms with Crippen molar-refractivity contribution in [1.82, 2.24) is 19.3 Å². The molecule has 0 saturated carbocycles. The Morgan fingerprint density at radius 1 is 1.33 bits per heavy atom. The van der Waals surface area contributed by atoms with Gasteiger partial charge in [0.25, 0.3) is 0 Å². The van der Waals surface area contributed by atoms with Crippen molar-refractivity contribution >= 4 is 5.78 Å². The molecule has 0 spiro atoms. The minimum absolute atomic E-state index is 0.295. The van der Waals surface area contributed by atoms with E-state index in [1.54, 1.807) is 0 Å². The molecule has 5 nitrogen and oxygen atoms in total. The lowest BCUT2D eigenvalue weighted by atomic mass is 9.97. The summed E-state index contributed by atoms with van der Waals surface area (Å²) < 4.78 is 1.97. The van der Waals surface area contributed by atoms with Gasteiger partial charge in [0, 0.05) is 25.0 Å². The fraction of sp³-hybridized carbons (Fsp3) is 0.538. The van der Waals surface area contributed by atoms with Gasteiger partial charge in [-0.1, -0.05) is 0 Å². The van der Waals surface area contributed by atoms with Crippen molar-refractivity contribution in [1.29, 1.82) is 0 Å². The van der Waals surface area contributed by atoms with Crippen LogP contribution in [0.3, 0.4) is 0 Å². The summed E-state index contributed by atoms with van der Waals surface area (Å²) >= 11 is 0. The highest BCUT2D eigenvalue weighted by atomic mass is 15.2. The van der Waals surface area contributed by atoms with Crippen molar-refractivity contribution < 1.29 is 0 Å². The minimum atomic E-state index is 0.295. The van der Waals surface area contributed by atoms with Crippen molar-refractivity contribution in [3.63, 3.8) is 0 Å². The van der Waals surface area contributed by atoms with Crippen molar-refractivity contribution in [2.75, 3.05) is 13.6 Å². The standard InChI is InChI=1S/C13H19N5/c1-9-7-18-6-5-11(16-13(18)15-9)12-4-3-10(14)8-17(12)2/h5-7,10,12H,3-4,8,14H2,1-2H3. The number of hydrogen-bond acceptors (Lipinski definition) is 4. The van der Waals surface area contributed by atoms with Gasteiger partial charge in [0.05, 0.1) is 17.4 Å². The Kier molecular flexibility index (Phi) is 2.80. The molecule has 2 N–H and O–H groups in total. The Morgan fingerprint density at radius 2 is 2.17 bits per heavy atom. The van der Waals surface area contributed by atoms with E-state index in [0.29, 0.717) is 12.1 Å². The topological polar surface area (TPSA) is 59.5 Å². The van der Waals surface area contributed by atoms with Crippen LogP contribution in [0.5, 0.6) is 0 Å². The van der Waals surface area contributed by atoms with Crippen molar-refractivity contribution in [2.45, 2.75) is 31.8 Å². The zero-order valence-electron chi connectivity index (χ0n) is 10.9. The quantitative estimate of drug-likeness (QED) is 0.818. The minimum Gasteiger partial charge on any atom is -0.327 e. The largest absolute Gasteiger partial charge is 0.327 e. The lowest BCUT2D eigenvalue weighted by molar-refractivity contribution is 0.166. The maximum absolute atomic E-state index is 5.98.